The van der Waals surface area contributed by atoms with Crippen LogP contribution in [-0.2, 0) is 4.79 Å². The zero-order valence-electron chi connectivity index (χ0n) is 14.1. The van der Waals surface area contributed by atoms with Crippen molar-refractivity contribution in [3.63, 3.8) is 0 Å². The van der Waals surface area contributed by atoms with E-state index < -0.39 is 5.91 Å². The molecule has 2 rings (SSSR count). The maximum Gasteiger partial charge on any atom is 0.250 e. The molecule has 2 amide bonds. The van der Waals surface area contributed by atoms with Gasteiger partial charge in [-0.1, -0.05) is 23.2 Å². The number of nitrogens with two attached hydrogens (primary N) is 1. The summed E-state index contributed by atoms with van der Waals surface area (Å²) in [5, 5.41) is 5.95. The van der Waals surface area contributed by atoms with E-state index >= 15 is 0 Å². The molecule has 7 nitrogen and oxygen atoms in total. The fourth-order valence-electron chi connectivity index (χ4n) is 2.17. The first kappa shape index (κ1) is 19.7. The van der Waals surface area contributed by atoms with Crippen LogP contribution in [0.15, 0.2) is 30.3 Å². The van der Waals surface area contributed by atoms with E-state index in [1.165, 1.54) is 26.4 Å². The van der Waals surface area contributed by atoms with Gasteiger partial charge < -0.3 is 25.8 Å². The molecule has 2 aromatic rings. The summed E-state index contributed by atoms with van der Waals surface area (Å²) in [6.07, 6.45) is 0. The Labute approximate surface area is 160 Å². The largest absolute Gasteiger partial charge is 0.493 e. The number of anilines is 2. The Kier molecular flexibility index (Phi) is 6.54. The van der Waals surface area contributed by atoms with Gasteiger partial charge in [-0.25, -0.2) is 0 Å². The standard InChI is InChI=1S/C17H17Cl2N3O4/c1-25-14-4-3-9(5-15(14)26-2)22-16(23)8-21-13-6-10(17(20)24)11(18)7-12(13)19/h3-7,21H,8H2,1-2H3,(H2,20,24)(H,22,23). The van der Waals surface area contributed by atoms with Crippen molar-refractivity contribution in [3.8, 4) is 11.5 Å². The number of methoxy groups -OCH3 is 2. The van der Waals surface area contributed by atoms with Crippen LogP contribution in [-0.4, -0.2) is 32.6 Å². The zero-order chi connectivity index (χ0) is 19.3. The number of hydrogen-bond donors (Lipinski definition) is 3. The first-order chi connectivity index (χ1) is 12.3. The van der Waals surface area contributed by atoms with Crippen molar-refractivity contribution in [1.29, 1.82) is 0 Å². The fourth-order valence-corrected chi connectivity index (χ4v) is 2.71. The third-order valence-corrected chi connectivity index (χ3v) is 4.05. The molecule has 0 fully saturated rings. The lowest BCUT2D eigenvalue weighted by Gasteiger charge is -2.12. The van der Waals surface area contributed by atoms with E-state index in [1.54, 1.807) is 18.2 Å². The number of ether oxygens (including phenoxy) is 2. The smallest absolute Gasteiger partial charge is 0.250 e. The van der Waals surface area contributed by atoms with E-state index in [1.807, 2.05) is 0 Å². The highest BCUT2D eigenvalue weighted by atomic mass is 35.5. The predicted molar refractivity (Wildman–Crippen MR) is 102 cm³/mol. The number of primary amides is 1. The van der Waals surface area contributed by atoms with E-state index in [0.29, 0.717) is 22.9 Å². The van der Waals surface area contributed by atoms with Crippen molar-refractivity contribution in [2.45, 2.75) is 0 Å². The van der Waals surface area contributed by atoms with Gasteiger partial charge >= 0.3 is 0 Å². The predicted octanol–water partition coefficient (Wildman–Crippen LogP) is 3.16. The fraction of sp³-hybridized carbons (Fsp3) is 0.176. The van der Waals surface area contributed by atoms with Gasteiger partial charge in [-0.15, -0.1) is 0 Å². The van der Waals surface area contributed by atoms with Crippen molar-refractivity contribution < 1.29 is 19.1 Å². The monoisotopic (exact) mass is 397 g/mol. The molecular formula is C17H17Cl2N3O4. The molecule has 9 heteroatoms. The summed E-state index contributed by atoms with van der Waals surface area (Å²) in [4.78, 5) is 23.5. The van der Waals surface area contributed by atoms with E-state index in [9.17, 15) is 9.59 Å². The SMILES string of the molecule is COc1ccc(NC(=O)CNc2cc(C(N)=O)c(Cl)cc2Cl)cc1OC. The second-order valence-electron chi connectivity index (χ2n) is 5.15. The van der Waals surface area contributed by atoms with Gasteiger partial charge in [0.05, 0.1) is 42.1 Å². The number of nitrogens with one attached hydrogen (secondary N) is 2. The molecule has 4 N–H and O–H groups in total. The first-order valence-corrected chi connectivity index (χ1v) is 8.16. The van der Waals surface area contributed by atoms with Gasteiger partial charge in [-0.3, -0.25) is 9.59 Å². The van der Waals surface area contributed by atoms with E-state index in [-0.39, 0.29) is 28.1 Å². The van der Waals surface area contributed by atoms with Crippen molar-refractivity contribution in [1.82, 2.24) is 0 Å². The summed E-state index contributed by atoms with van der Waals surface area (Å²) >= 11 is 12.0. The average molecular weight is 398 g/mol. The molecule has 0 saturated carbocycles. The van der Waals surface area contributed by atoms with Crippen LogP contribution >= 0.6 is 23.2 Å². The maximum absolute atomic E-state index is 12.1. The average Bonchev–Trinajstić information content (AvgIpc) is 2.60. The Morgan fingerprint density at radius 2 is 1.73 bits per heavy atom. The molecule has 0 heterocycles. The van der Waals surface area contributed by atoms with Crippen molar-refractivity contribution in [2.24, 2.45) is 5.73 Å². The molecule has 0 bridgehead atoms. The highest BCUT2D eigenvalue weighted by Gasteiger charge is 2.13. The van der Waals surface area contributed by atoms with Gasteiger partial charge in [0, 0.05) is 11.8 Å². The summed E-state index contributed by atoms with van der Waals surface area (Å²) < 4.78 is 10.3. The maximum atomic E-state index is 12.1. The van der Waals surface area contributed by atoms with Gasteiger partial charge in [-0.2, -0.15) is 0 Å². The summed E-state index contributed by atoms with van der Waals surface area (Å²) in [5.74, 6) is 0.0222. The topological polar surface area (TPSA) is 103 Å². The Morgan fingerprint density at radius 1 is 1.04 bits per heavy atom. The van der Waals surface area contributed by atoms with Gasteiger partial charge in [0.25, 0.3) is 0 Å². The summed E-state index contributed by atoms with van der Waals surface area (Å²) in [7, 11) is 3.03. The van der Waals surface area contributed by atoms with Crippen molar-refractivity contribution >= 4 is 46.4 Å². The zero-order valence-corrected chi connectivity index (χ0v) is 15.6. The van der Waals surface area contributed by atoms with Crippen LogP contribution in [0.4, 0.5) is 11.4 Å². The van der Waals surface area contributed by atoms with E-state index in [0.717, 1.165) is 0 Å². The van der Waals surface area contributed by atoms with Crippen LogP contribution in [0.5, 0.6) is 11.5 Å². The molecule has 0 aromatic heterocycles. The molecule has 26 heavy (non-hydrogen) atoms. The number of hydrogen-bond acceptors (Lipinski definition) is 5. The Morgan fingerprint density at radius 3 is 2.35 bits per heavy atom. The summed E-state index contributed by atoms with van der Waals surface area (Å²) in [5.41, 5.74) is 6.26. The second kappa shape index (κ2) is 8.64. The molecule has 0 unspecified atom stereocenters. The number of carbonyl (C=O) groups is 2. The van der Waals surface area contributed by atoms with Crippen LogP contribution in [0.25, 0.3) is 0 Å². The van der Waals surface area contributed by atoms with Crippen LogP contribution in [0.3, 0.4) is 0 Å². The normalized spacial score (nSPS) is 10.2. The van der Waals surface area contributed by atoms with Crippen LogP contribution in [0.1, 0.15) is 10.4 Å². The van der Waals surface area contributed by atoms with Crippen LogP contribution in [0.2, 0.25) is 10.0 Å². The molecule has 0 aliphatic carbocycles. The summed E-state index contributed by atoms with van der Waals surface area (Å²) in [6, 6.07) is 7.78. The van der Waals surface area contributed by atoms with Gasteiger partial charge in [0.1, 0.15) is 0 Å². The molecule has 0 atom stereocenters. The number of rotatable bonds is 7. The summed E-state index contributed by atoms with van der Waals surface area (Å²) in [6.45, 7) is -0.0894. The Balaban J connectivity index is 2.05. The molecule has 0 aliphatic rings. The minimum absolute atomic E-state index is 0.0894. The Bertz CT molecular complexity index is 843. The van der Waals surface area contributed by atoms with Gasteiger partial charge in [0.15, 0.2) is 11.5 Å². The highest BCUT2D eigenvalue weighted by Crippen LogP contribution is 2.30. The molecule has 0 aliphatic heterocycles. The minimum atomic E-state index is -0.690. The number of halogens is 2. The van der Waals surface area contributed by atoms with Crippen LogP contribution in [0, 0.1) is 0 Å². The van der Waals surface area contributed by atoms with Gasteiger partial charge in [0.2, 0.25) is 11.8 Å². The van der Waals surface area contributed by atoms with Crippen molar-refractivity contribution in [2.75, 3.05) is 31.4 Å². The third kappa shape index (κ3) is 4.71. The number of carbonyl (C=O) groups excluding carboxylic acids is 2. The number of benzene rings is 2. The van der Waals surface area contributed by atoms with Crippen molar-refractivity contribution in [3.05, 3.63) is 45.9 Å². The molecule has 0 spiro atoms. The molecule has 138 valence electrons. The number of amides is 2. The quantitative estimate of drug-likeness (QED) is 0.665. The third-order valence-electron chi connectivity index (χ3n) is 3.43. The second-order valence-corrected chi connectivity index (χ2v) is 5.96. The minimum Gasteiger partial charge on any atom is -0.493 e. The lowest BCUT2D eigenvalue weighted by atomic mass is 10.2. The van der Waals surface area contributed by atoms with E-state index in [4.69, 9.17) is 38.4 Å². The van der Waals surface area contributed by atoms with Gasteiger partial charge in [-0.05, 0) is 24.3 Å². The lowest BCUT2D eigenvalue weighted by Crippen LogP contribution is -2.22. The Hall–Kier alpha value is -2.64. The van der Waals surface area contributed by atoms with E-state index in [2.05, 4.69) is 10.6 Å². The molecule has 0 saturated heterocycles. The van der Waals surface area contributed by atoms with Crippen LogP contribution < -0.4 is 25.8 Å². The highest BCUT2D eigenvalue weighted by molar-refractivity contribution is 6.38. The first-order valence-electron chi connectivity index (χ1n) is 7.40. The molecule has 0 radical (unpaired) electrons. The molecule has 2 aromatic carbocycles. The lowest BCUT2D eigenvalue weighted by molar-refractivity contribution is -0.114. The molecular weight excluding hydrogens is 381 g/mol.